The Morgan fingerprint density at radius 2 is 1.53 bits per heavy atom. The molecule has 0 aliphatic heterocycles. The fourth-order valence-electron chi connectivity index (χ4n) is 1.53. The fraction of sp³-hybridized carbons (Fsp3) is 0.929. The number of hydrogen-bond donors (Lipinski definition) is 2. The van der Waals surface area contributed by atoms with Crippen LogP contribution in [0.5, 0.6) is 0 Å². The zero-order valence-corrected chi connectivity index (χ0v) is 12.8. The van der Waals surface area contributed by atoms with Crippen LogP contribution in [0.1, 0.15) is 67.7 Å². The van der Waals surface area contributed by atoms with Crippen molar-refractivity contribution in [3.05, 3.63) is 0 Å². The standard InChI is InChI=1S/C10H21NO2.2C2H6/c1-4-7-11-9(6-3)8(5-2)10(12)13;2*1-2/h8-9,11H,4-7H2,1-3H3,(H,12,13);2*1-2H3. The number of hydrogen-bond acceptors (Lipinski definition) is 2. The molecule has 0 spiro atoms. The molecule has 0 aliphatic rings. The van der Waals surface area contributed by atoms with E-state index in [-0.39, 0.29) is 12.0 Å². The Kier molecular flexibility index (Phi) is 22.7. The molecule has 2 atom stereocenters. The van der Waals surface area contributed by atoms with Crippen molar-refractivity contribution < 1.29 is 9.90 Å². The fourth-order valence-corrected chi connectivity index (χ4v) is 1.53. The molecule has 0 saturated carbocycles. The minimum absolute atomic E-state index is 0.127. The van der Waals surface area contributed by atoms with E-state index >= 15 is 0 Å². The molecule has 3 nitrogen and oxygen atoms in total. The van der Waals surface area contributed by atoms with Gasteiger partial charge >= 0.3 is 5.97 Å². The highest BCUT2D eigenvalue weighted by Gasteiger charge is 2.23. The summed E-state index contributed by atoms with van der Waals surface area (Å²) in [7, 11) is 0. The van der Waals surface area contributed by atoms with Gasteiger partial charge in [-0.2, -0.15) is 0 Å². The Labute approximate surface area is 108 Å². The first-order valence-corrected chi connectivity index (χ1v) is 7.13. The maximum absolute atomic E-state index is 10.9. The summed E-state index contributed by atoms with van der Waals surface area (Å²) in [5, 5.41) is 12.2. The van der Waals surface area contributed by atoms with E-state index < -0.39 is 5.97 Å². The van der Waals surface area contributed by atoms with Crippen LogP contribution in [0.3, 0.4) is 0 Å². The predicted molar refractivity (Wildman–Crippen MR) is 76.5 cm³/mol. The molecule has 106 valence electrons. The Hall–Kier alpha value is -0.570. The molecule has 0 aromatic heterocycles. The van der Waals surface area contributed by atoms with Crippen LogP contribution in [-0.2, 0) is 4.79 Å². The van der Waals surface area contributed by atoms with Gasteiger partial charge in [0, 0.05) is 6.04 Å². The second kappa shape index (κ2) is 17.8. The second-order valence-corrected chi connectivity index (χ2v) is 3.32. The summed E-state index contributed by atoms with van der Waals surface area (Å²) < 4.78 is 0. The minimum Gasteiger partial charge on any atom is -0.481 e. The molecule has 0 bridgehead atoms. The van der Waals surface area contributed by atoms with Gasteiger partial charge in [-0.3, -0.25) is 4.79 Å². The van der Waals surface area contributed by atoms with Crippen LogP contribution in [0.4, 0.5) is 0 Å². The lowest BCUT2D eigenvalue weighted by Gasteiger charge is -2.22. The van der Waals surface area contributed by atoms with Gasteiger partial charge in [0.2, 0.25) is 0 Å². The Bertz CT molecular complexity index is 149. The highest BCUT2D eigenvalue weighted by atomic mass is 16.4. The van der Waals surface area contributed by atoms with Gasteiger partial charge in [0.05, 0.1) is 5.92 Å². The number of carboxylic acids is 1. The Morgan fingerprint density at radius 3 is 1.76 bits per heavy atom. The van der Waals surface area contributed by atoms with Crippen molar-refractivity contribution in [2.75, 3.05) is 6.54 Å². The summed E-state index contributed by atoms with van der Waals surface area (Å²) in [4.78, 5) is 10.9. The maximum Gasteiger partial charge on any atom is 0.308 e. The predicted octanol–water partition coefficient (Wildman–Crippen LogP) is 3.93. The van der Waals surface area contributed by atoms with Gasteiger partial charge in [-0.25, -0.2) is 0 Å². The SMILES string of the molecule is CC.CC.CCCNC(CC)C(CC)C(=O)O. The van der Waals surface area contributed by atoms with Gasteiger partial charge in [-0.15, -0.1) is 0 Å². The number of carbonyl (C=O) groups is 1. The molecule has 0 rings (SSSR count). The summed E-state index contributed by atoms with van der Waals surface area (Å²) >= 11 is 0. The van der Waals surface area contributed by atoms with E-state index in [1.54, 1.807) is 0 Å². The number of aliphatic carboxylic acids is 1. The van der Waals surface area contributed by atoms with Gasteiger partial charge in [0.15, 0.2) is 0 Å². The van der Waals surface area contributed by atoms with E-state index in [1.165, 1.54) is 0 Å². The normalized spacial score (nSPS) is 12.4. The van der Waals surface area contributed by atoms with E-state index in [1.807, 2.05) is 41.5 Å². The largest absolute Gasteiger partial charge is 0.481 e. The number of carboxylic acid groups (broad SMARTS) is 1. The average Bonchev–Trinajstić information content (AvgIpc) is 2.38. The third kappa shape index (κ3) is 11.7. The van der Waals surface area contributed by atoms with Crippen molar-refractivity contribution in [3.8, 4) is 0 Å². The molecule has 0 fully saturated rings. The molecule has 0 radical (unpaired) electrons. The first-order chi connectivity index (χ1) is 8.17. The molecule has 0 amide bonds. The van der Waals surface area contributed by atoms with Gasteiger partial charge in [-0.05, 0) is 25.8 Å². The van der Waals surface area contributed by atoms with Gasteiger partial charge in [-0.1, -0.05) is 48.5 Å². The monoisotopic (exact) mass is 247 g/mol. The van der Waals surface area contributed by atoms with Crippen LogP contribution in [-0.4, -0.2) is 23.7 Å². The zero-order chi connectivity index (χ0) is 14.3. The minimum atomic E-state index is -0.682. The highest BCUT2D eigenvalue weighted by Crippen LogP contribution is 2.12. The number of rotatable bonds is 7. The van der Waals surface area contributed by atoms with E-state index in [0.717, 1.165) is 19.4 Å². The van der Waals surface area contributed by atoms with Gasteiger partial charge in [0.1, 0.15) is 0 Å². The van der Waals surface area contributed by atoms with Crippen molar-refractivity contribution in [3.63, 3.8) is 0 Å². The topological polar surface area (TPSA) is 49.3 Å². The second-order valence-electron chi connectivity index (χ2n) is 3.32. The maximum atomic E-state index is 10.9. The van der Waals surface area contributed by atoms with Crippen molar-refractivity contribution in [2.45, 2.75) is 73.8 Å². The smallest absolute Gasteiger partial charge is 0.308 e. The van der Waals surface area contributed by atoms with Crippen molar-refractivity contribution in [1.29, 1.82) is 0 Å². The van der Waals surface area contributed by atoms with Gasteiger partial charge in [0.25, 0.3) is 0 Å². The molecule has 0 saturated heterocycles. The van der Waals surface area contributed by atoms with Crippen molar-refractivity contribution in [1.82, 2.24) is 5.32 Å². The van der Waals surface area contributed by atoms with E-state index in [2.05, 4.69) is 12.2 Å². The Balaban J connectivity index is -0.000000439. The molecule has 2 unspecified atom stereocenters. The first-order valence-electron chi connectivity index (χ1n) is 7.13. The number of nitrogens with one attached hydrogen (secondary N) is 1. The van der Waals surface area contributed by atoms with Crippen LogP contribution in [0.25, 0.3) is 0 Å². The van der Waals surface area contributed by atoms with E-state index in [9.17, 15) is 4.79 Å². The Morgan fingerprint density at radius 1 is 1.06 bits per heavy atom. The molecule has 0 aromatic rings. The third-order valence-corrected chi connectivity index (χ3v) is 2.34. The summed E-state index contributed by atoms with van der Waals surface area (Å²) in [6.45, 7) is 14.9. The lowest BCUT2D eigenvalue weighted by Crippen LogP contribution is -2.39. The van der Waals surface area contributed by atoms with Gasteiger partial charge < -0.3 is 10.4 Å². The van der Waals surface area contributed by atoms with E-state index in [0.29, 0.717) is 6.42 Å². The first kappa shape index (κ1) is 21.7. The summed E-state index contributed by atoms with van der Waals surface area (Å²) in [6.07, 6.45) is 2.63. The summed E-state index contributed by atoms with van der Waals surface area (Å²) in [5.74, 6) is -0.922. The molecule has 0 aliphatic carbocycles. The lowest BCUT2D eigenvalue weighted by molar-refractivity contribution is -0.142. The average molecular weight is 247 g/mol. The quantitative estimate of drug-likeness (QED) is 0.716. The molecule has 0 aromatic carbocycles. The van der Waals surface area contributed by atoms with Crippen molar-refractivity contribution >= 4 is 5.97 Å². The molecule has 2 N–H and O–H groups in total. The zero-order valence-electron chi connectivity index (χ0n) is 12.8. The summed E-state index contributed by atoms with van der Waals surface area (Å²) in [5.41, 5.74) is 0. The lowest BCUT2D eigenvalue weighted by atomic mass is 9.95. The van der Waals surface area contributed by atoms with Crippen molar-refractivity contribution in [2.24, 2.45) is 5.92 Å². The van der Waals surface area contributed by atoms with E-state index in [4.69, 9.17) is 5.11 Å². The van der Waals surface area contributed by atoms with Crippen LogP contribution in [0, 0.1) is 5.92 Å². The molecular formula is C14H33NO2. The van der Waals surface area contributed by atoms with Crippen LogP contribution < -0.4 is 5.32 Å². The summed E-state index contributed by atoms with van der Waals surface area (Å²) in [6, 6.07) is 0.127. The van der Waals surface area contributed by atoms with Crippen LogP contribution in [0.2, 0.25) is 0 Å². The molecular weight excluding hydrogens is 214 g/mol. The third-order valence-electron chi connectivity index (χ3n) is 2.34. The molecule has 3 heteroatoms. The van der Waals surface area contributed by atoms with Crippen LogP contribution in [0.15, 0.2) is 0 Å². The highest BCUT2D eigenvalue weighted by molar-refractivity contribution is 5.70. The van der Waals surface area contributed by atoms with Crippen LogP contribution >= 0.6 is 0 Å². The molecule has 0 heterocycles. The molecule has 17 heavy (non-hydrogen) atoms.